The third-order valence-corrected chi connectivity index (χ3v) is 4.71. The quantitative estimate of drug-likeness (QED) is 0.913. The third-order valence-electron chi connectivity index (χ3n) is 4.71. The number of hydrogen-bond donors (Lipinski definition) is 1. The largest absolute Gasteiger partial charge is 0.442 e. The van der Waals surface area contributed by atoms with Gasteiger partial charge in [-0.3, -0.25) is 9.69 Å². The molecule has 2 aliphatic heterocycles. The van der Waals surface area contributed by atoms with E-state index >= 15 is 0 Å². The molecule has 7 nitrogen and oxygen atoms in total. The lowest BCUT2D eigenvalue weighted by Gasteiger charge is -2.17. The number of carbonyl (C=O) groups is 2. The van der Waals surface area contributed by atoms with Crippen LogP contribution in [0.1, 0.15) is 18.2 Å². The Morgan fingerprint density at radius 1 is 1.35 bits per heavy atom. The first-order valence-electron chi connectivity index (χ1n) is 8.61. The summed E-state index contributed by atoms with van der Waals surface area (Å²) in [5, 5.41) is 2.68. The molecule has 0 saturated carbocycles. The Morgan fingerprint density at radius 3 is 2.92 bits per heavy atom. The molecule has 4 rings (SSSR count). The first kappa shape index (κ1) is 16.4. The predicted molar refractivity (Wildman–Crippen MR) is 96.6 cm³/mol. The van der Waals surface area contributed by atoms with E-state index in [2.05, 4.69) is 20.9 Å². The Bertz CT molecular complexity index is 869. The van der Waals surface area contributed by atoms with Gasteiger partial charge in [-0.2, -0.15) is 0 Å². The van der Waals surface area contributed by atoms with E-state index in [1.54, 1.807) is 4.90 Å². The number of amides is 2. The van der Waals surface area contributed by atoms with Crippen LogP contribution in [-0.2, 0) is 22.5 Å². The number of hydrogen-bond acceptors (Lipinski definition) is 4. The molecule has 26 heavy (non-hydrogen) atoms. The SMILES string of the molecule is CC(=O)NC[C@H]1CN(c2ccc(C3=CCn4cncc4C3)cc2)C(=O)O1. The van der Waals surface area contributed by atoms with Crippen LogP contribution in [0.2, 0.25) is 0 Å². The molecule has 2 aliphatic rings. The number of imidazole rings is 1. The van der Waals surface area contributed by atoms with E-state index in [9.17, 15) is 9.59 Å². The minimum absolute atomic E-state index is 0.133. The van der Waals surface area contributed by atoms with E-state index in [-0.39, 0.29) is 18.1 Å². The standard InChI is InChI=1S/C19H20N4O3/c1-13(24)21-10-18-11-23(19(25)26-18)16-4-2-14(3-5-16)15-6-7-22-12-20-9-17(22)8-15/h2-6,9,12,18H,7-8,10-11H2,1H3,(H,21,24)/t18-/m0/s1. The number of carbonyl (C=O) groups excluding carboxylic acids is 2. The van der Waals surface area contributed by atoms with E-state index in [0.717, 1.165) is 24.2 Å². The van der Waals surface area contributed by atoms with Gasteiger partial charge in [-0.05, 0) is 23.3 Å². The maximum atomic E-state index is 12.1. The van der Waals surface area contributed by atoms with Gasteiger partial charge in [0.25, 0.3) is 0 Å². The zero-order chi connectivity index (χ0) is 18.1. The molecule has 1 aromatic heterocycles. The second-order valence-corrected chi connectivity index (χ2v) is 6.54. The third kappa shape index (κ3) is 3.20. The molecule has 2 amide bonds. The molecule has 0 aliphatic carbocycles. The van der Waals surface area contributed by atoms with Crippen molar-refractivity contribution in [2.45, 2.75) is 26.0 Å². The Labute approximate surface area is 151 Å². The number of cyclic esters (lactones) is 1. The number of nitrogens with zero attached hydrogens (tertiary/aromatic N) is 3. The van der Waals surface area contributed by atoms with Crippen LogP contribution < -0.4 is 10.2 Å². The number of ether oxygens (including phenoxy) is 1. The highest BCUT2D eigenvalue weighted by Gasteiger charge is 2.32. The van der Waals surface area contributed by atoms with Gasteiger partial charge in [-0.1, -0.05) is 18.2 Å². The van der Waals surface area contributed by atoms with E-state index in [0.29, 0.717) is 13.1 Å². The molecular weight excluding hydrogens is 332 g/mol. The summed E-state index contributed by atoms with van der Waals surface area (Å²) in [4.78, 5) is 28.9. The van der Waals surface area contributed by atoms with Gasteiger partial charge in [0.05, 0.1) is 19.4 Å². The van der Waals surface area contributed by atoms with Crippen molar-refractivity contribution in [2.75, 3.05) is 18.0 Å². The fraction of sp³-hybridized carbons (Fsp3) is 0.316. The Balaban J connectivity index is 1.44. The summed E-state index contributed by atoms with van der Waals surface area (Å²) >= 11 is 0. The van der Waals surface area contributed by atoms with Gasteiger partial charge in [-0.25, -0.2) is 9.78 Å². The molecule has 1 atom stereocenters. The first-order valence-corrected chi connectivity index (χ1v) is 8.61. The first-order chi connectivity index (χ1) is 12.6. The summed E-state index contributed by atoms with van der Waals surface area (Å²) in [5.41, 5.74) is 4.40. The maximum absolute atomic E-state index is 12.1. The number of allylic oxidation sites excluding steroid dienone is 2. The minimum atomic E-state index is -0.381. The zero-order valence-corrected chi connectivity index (χ0v) is 14.5. The van der Waals surface area contributed by atoms with Crippen molar-refractivity contribution in [3.05, 3.63) is 54.1 Å². The number of fused-ring (bicyclic) bond motifs is 1. The van der Waals surface area contributed by atoms with Crippen molar-refractivity contribution in [2.24, 2.45) is 0 Å². The van der Waals surface area contributed by atoms with Crippen molar-refractivity contribution in [1.82, 2.24) is 14.9 Å². The number of anilines is 1. The molecule has 1 fully saturated rings. The van der Waals surface area contributed by atoms with Crippen LogP contribution in [0, 0.1) is 0 Å². The van der Waals surface area contributed by atoms with Gasteiger partial charge in [0.2, 0.25) is 5.91 Å². The lowest BCUT2D eigenvalue weighted by molar-refractivity contribution is -0.119. The van der Waals surface area contributed by atoms with Crippen LogP contribution >= 0.6 is 0 Å². The Morgan fingerprint density at radius 2 is 2.15 bits per heavy atom. The second-order valence-electron chi connectivity index (χ2n) is 6.54. The molecule has 0 spiro atoms. The average Bonchev–Trinajstić information content (AvgIpc) is 3.25. The van der Waals surface area contributed by atoms with E-state index in [1.807, 2.05) is 36.8 Å². The summed E-state index contributed by atoms with van der Waals surface area (Å²) in [6.07, 6.45) is 6.10. The highest BCUT2D eigenvalue weighted by Crippen LogP contribution is 2.27. The molecule has 0 unspecified atom stereocenters. The highest BCUT2D eigenvalue weighted by molar-refractivity contribution is 5.90. The van der Waals surface area contributed by atoms with Crippen LogP contribution in [-0.4, -0.2) is 40.7 Å². The lowest BCUT2D eigenvalue weighted by Crippen LogP contribution is -2.33. The maximum Gasteiger partial charge on any atom is 0.414 e. The molecule has 7 heteroatoms. The van der Waals surface area contributed by atoms with Gasteiger partial charge in [-0.15, -0.1) is 0 Å². The van der Waals surface area contributed by atoms with Gasteiger partial charge >= 0.3 is 6.09 Å². The van der Waals surface area contributed by atoms with Crippen LogP contribution in [0.15, 0.2) is 42.9 Å². The molecule has 134 valence electrons. The van der Waals surface area contributed by atoms with Gasteiger partial charge < -0.3 is 14.6 Å². The van der Waals surface area contributed by atoms with Crippen LogP contribution in [0.3, 0.4) is 0 Å². The minimum Gasteiger partial charge on any atom is -0.442 e. The zero-order valence-electron chi connectivity index (χ0n) is 14.5. The molecule has 2 aromatic rings. The van der Waals surface area contributed by atoms with Crippen molar-refractivity contribution in [1.29, 1.82) is 0 Å². The second kappa shape index (κ2) is 6.67. The molecule has 1 saturated heterocycles. The fourth-order valence-corrected chi connectivity index (χ4v) is 3.31. The van der Waals surface area contributed by atoms with Crippen LogP contribution in [0.5, 0.6) is 0 Å². The highest BCUT2D eigenvalue weighted by atomic mass is 16.6. The number of nitrogens with one attached hydrogen (secondary N) is 1. The van der Waals surface area contributed by atoms with Gasteiger partial charge in [0.15, 0.2) is 0 Å². The smallest absolute Gasteiger partial charge is 0.414 e. The Kier molecular flexibility index (Phi) is 4.20. The van der Waals surface area contributed by atoms with Gasteiger partial charge in [0, 0.05) is 37.5 Å². The molecule has 1 aromatic carbocycles. The van der Waals surface area contributed by atoms with Crippen molar-refractivity contribution in [3.8, 4) is 0 Å². The van der Waals surface area contributed by atoms with Gasteiger partial charge in [0.1, 0.15) is 6.10 Å². The topological polar surface area (TPSA) is 76.5 Å². The summed E-state index contributed by atoms with van der Waals surface area (Å²) in [6.45, 7) is 3.03. The summed E-state index contributed by atoms with van der Waals surface area (Å²) in [6, 6.07) is 7.93. The molecule has 1 N–H and O–H groups in total. The van der Waals surface area contributed by atoms with Crippen molar-refractivity contribution in [3.63, 3.8) is 0 Å². The molecule has 3 heterocycles. The monoisotopic (exact) mass is 352 g/mol. The Hall–Kier alpha value is -3.09. The summed E-state index contributed by atoms with van der Waals surface area (Å²) in [7, 11) is 0. The van der Waals surface area contributed by atoms with Crippen molar-refractivity contribution < 1.29 is 14.3 Å². The number of benzene rings is 1. The number of rotatable bonds is 4. The molecule has 0 bridgehead atoms. The summed E-state index contributed by atoms with van der Waals surface area (Å²) < 4.78 is 7.44. The fourth-order valence-electron chi connectivity index (χ4n) is 3.31. The normalized spacial score (nSPS) is 19.0. The number of aromatic nitrogens is 2. The lowest BCUT2D eigenvalue weighted by atomic mass is 9.98. The van der Waals surface area contributed by atoms with Crippen LogP contribution in [0.25, 0.3) is 5.57 Å². The summed E-state index contributed by atoms with van der Waals surface area (Å²) in [5.74, 6) is -0.133. The molecule has 0 radical (unpaired) electrons. The predicted octanol–water partition coefficient (Wildman–Crippen LogP) is 1.98. The van der Waals surface area contributed by atoms with E-state index in [4.69, 9.17) is 4.74 Å². The van der Waals surface area contributed by atoms with E-state index in [1.165, 1.54) is 18.2 Å². The van der Waals surface area contributed by atoms with Crippen molar-refractivity contribution >= 4 is 23.3 Å². The van der Waals surface area contributed by atoms with E-state index < -0.39 is 0 Å². The molecular formula is C19H20N4O3. The van der Waals surface area contributed by atoms with Crippen LogP contribution in [0.4, 0.5) is 10.5 Å². The average molecular weight is 352 g/mol.